The zero-order valence-corrected chi connectivity index (χ0v) is 9.51. The first-order valence-corrected chi connectivity index (χ1v) is 5.79. The van der Waals surface area contributed by atoms with Crippen LogP contribution in [-0.2, 0) is 6.42 Å². The summed E-state index contributed by atoms with van der Waals surface area (Å²) in [6.45, 7) is 0. The lowest BCUT2D eigenvalue weighted by Gasteiger charge is -2.06. The van der Waals surface area contributed by atoms with Gasteiger partial charge in [0.1, 0.15) is 0 Å². The number of fused-ring (bicyclic) bond motifs is 1. The molecule has 0 N–H and O–H groups in total. The van der Waals surface area contributed by atoms with Gasteiger partial charge in [0.2, 0.25) is 0 Å². The molecule has 0 saturated carbocycles. The van der Waals surface area contributed by atoms with Gasteiger partial charge >= 0.3 is 0 Å². The molecule has 1 heteroatoms. The van der Waals surface area contributed by atoms with Crippen LogP contribution in [0.4, 0.5) is 0 Å². The van der Waals surface area contributed by atoms with E-state index in [0.29, 0.717) is 0 Å². The topological polar surface area (TPSA) is 12.9 Å². The Morgan fingerprint density at radius 1 is 0.765 bits per heavy atom. The van der Waals surface area contributed by atoms with Gasteiger partial charge in [-0.3, -0.25) is 4.98 Å². The monoisotopic (exact) mass is 219 g/mol. The molecule has 1 heterocycles. The summed E-state index contributed by atoms with van der Waals surface area (Å²) in [6.07, 6.45) is 4.66. The molecule has 1 aromatic heterocycles. The lowest BCUT2D eigenvalue weighted by Crippen LogP contribution is -1.89. The van der Waals surface area contributed by atoms with Crippen LogP contribution in [-0.4, -0.2) is 4.98 Å². The van der Waals surface area contributed by atoms with E-state index in [2.05, 4.69) is 59.6 Å². The minimum absolute atomic E-state index is 0.962. The molecule has 0 aliphatic carbocycles. The van der Waals surface area contributed by atoms with Crippen molar-refractivity contribution in [2.24, 2.45) is 0 Å². The van der Waals surface area contributed by atoms with Crippen LogP contribution in [0.1, 0.15) is 11.1 Å². The molecule has 0 aliphatic heterocycles. The fourth-order valence-corrected chi connectivity index (χ4v) is 2.17. The third-order valence-corrected chi connectivity index (χ3v) is 3.02. The van der Waals surface area contributed by atoms with Crippen molar-refractivity contribution in [3.8, 4) is 0 Å². The number of pyridine rings is 1. The average Bonchev–Trinajstić information content (AvgIpc) is 2.40. The standard InChI is InChI=1S/C16H13N/c1-2-7-16-14(4-1)5-3-6-15(16)12-13-8-10-17-11-9-13/h1-11H,12H2. The first-order valence-electron chi connectivity index (χ1n) is 5.79. The molecule has 3 rings (SSSR count). The zero-order chi connectivity index (χ0) is 11.5. The van der Waals surface area contributed by atoms with Gasteiger partial charge in [-0.1, -0.05) is 42.5 Å². The predicted molar refractivity (Wildman–Crippen MR) is 71.0 cm³/mol. The van der Waals surface area contributed by atoms with Gasteiger partial charge in [0.25, 0.3) is 0 Å². The molecule has 0 bridgehead atoms. The maximum atomic E-state index is 4.05. The molecule has 0 atom stereocenters. The van der Waals surface area contributed by atoms with Crippen molar-refractivity contribution >= 4 is 10.8 Å². The number of benzene rings is 2. The molecule has 0 spiro atoms. The highest BCUT2D eigenvalue weighted by molar-refractivity contribution is 5.85. The molecule has 3 aromatic rings. The quantitative estimate of drug-likeness (QED) is 0.638. The Hall–Kier alpha value is -2.15. The van der Waals surface area contributed by atoms with Gasteiger partial charge in [-0.05, 0) is 40.5 Å². The third kappa shape index (κ3) is 2.04. The summed E-state index contributed by atoms with van der Waals surface area (Å²) in [5, 5.41) is 2.64. The van der Waals surface area contributed by atoms with Crippen molar-refractivity contribution in [3.05, 3.63) is 78.1 Å². The number of hydrogen-bond donors (Lipinski definition) is 0. The molecule has 2 aromatic carbocycles. The van der Waals surface area contributed by atoms with E-state index in [0.717, 1.165) is 6.42 Å². The summed E-state index contributed by atoms with van der Waals surface area (Å²) < 4.78 is 0. The molecule has 1 nitrogen and oxygen atoms in total. The number of rotatable bonds is 2. The summed E-state index contributed by atoms with van der Waals surface area (Å²) in [6, 6.07) is 19.1. The van der Waals surface area contributed by atoms with E-state index in [9.17, 15) is 0 Å². The first-order chi connectivity index (χ1) is 8.43. The minimum Gasteiger partial charge on any atom is -0.265 e. The largest absolute Gasteiger partial charge is 0.265 e. The van der Waals surface area contributed by atoms with Crippen molar-refractivity contribution < 1.29 is 0 Å². The van der Waals surface area contributed by atoms with Crippen molar-refractivity contribution in [2.75, 3.05) is 0 Å². The highest BCUT2D eigenvalue weighted by Crippen LogP contribution is 2.20. The SMILES string of the molecule is c1ccc2c(Cc3ccncc3)cccc2c1. The Balaban J connectivity index is 2.06. The van der Waals surface area contributed by atoms with Crippen molar-refractivity contribution in [2.45, 2.75) is 6.42 Å². The van der Waals surface area contributed by atoms with Gasteiger partial charge in [-0.2, -0.15) is 0 Å². The summed E-state index contributed by atoms with van der Waals surface area (Å²) in [4.78, 5) is 4.05. The normalized spacial score (nSPS) is 10.6. The predicted octanol–water partition coefficient (Wildman–Crippen LogP) is 3.83. The van der Waals surface area contributed by atoms with E-state index < -0.39 is 0 Å². The highest BCUT2D eigenvalue weighted by atomic mass is 14.6. The summed E-state index contributed by atoms with van der Waals surface area (Å²) in [5.41, 5.74) is 2.67. The van der Waals surface area contributed by atoms with Crippen LogP contribution >= 0.6 is 0 Å². The van der Waals surface area contributed by atoms with Crippen LogP contribution in [0.25, 0.3) is 10.8 Å². The molecule has 0 amide bonds. The van der Waals surface area contributed by atoms with E-state index in [1.165, 1.54) is 21.9 Å². The van der Waals surface area contributed by atoms with Crippen LogP contribution in [0, 0.1) is 0 Å². The van der Waals surface area contributed by atoms with Gasteiger partial charge in [-0.25, -0.2) is 0 Å². The summed E-state index contributed by atoms with van der Waals surface area (Å²) >= 11 is 0. The Labute approximate surface area is 101 Å². The molecular formula is C16H13N. The summed E-state index contributed by atoms with van der Waals surface area (Å²) in [5.74, 6) is 0. The Bertz CT molecular complexity index is 624. The number of hydrogen-bond acceptors (Lipinski definition) is 1. The molecule has 0 aliphatic rings. The molecule has 17 heavy (non-hydrogen) atoms. The Morgan fingerprint density at radius 3 is 2.41 bits per heavy atom. The smallest absolute Gasteiger partial charge is 0.0270 e. The van der Waals surface area contributed by atoms with Crippen LogP contribution in [0.3, 0.4) is 0 Å². The molecule has 0 fully saturated rings. The maximum Gasteiger partial charge on any atom is 0.0270 e. The van der Waals surface area contributed by atoms with Crippen LogP contribution in [0.2, 0.25) is 0 Å². The highest BCUT2D eigenvalue weighted by Gasteiger charge is 2.01. The number of nitrogens with zero attached hydrogens (tertiary/aromatic N) is 1. The van der Waals surface area contributed by atoms with Gasteiger partial charge in [0.15, 0.2) is 0 Å². The van der Waals surface area contributed by atoms with E-state index in [1.54, 1.807) is 0 Å². The molecule has 0 radical (unpaired) electrons. The van der Waals surface area contributed by atoms with Crippen molar-refractivity contribution in [1.82, 2.24) is 4.98 Å². The second kappa shape index (κ2) is 4.38. The molecule has 0 saturated heterocycles. The van der Waals surface area contributed by atoms with Gasteiger partial charge in [0.05, 0.1) is 0 Å². The van der Waals surface area contributed by atoms with E-state index in [4.69, 9.17) is 0 Å². The van der Waals surface area contributed by atoms with Gasteiger partial charge < -0.3 is 0 Å². The first kappa shape index (κ1) is 10.0. The Kier molecular flexibility index (Phi) is 2.59. The van der Waals surface area contributed by atoms with E-state index >= 15 is 0 Å². The third-order valence-electron chi connectivity index (χ3n) is 3.02. The van der Waals surface area contributed by atoms with Gasteiger partial charge in [0, 0.05) is 12.4 Å². The number of aromatic nitrogens is 1. The van der Waals surface area contributed by atoms with Crippen molar-refractivity contribution in [1.29, 1.82) is 0 Å². The van der Waals surface area contributed by atoms with Gasteiger partial charge in [-0.15, -0.1) is 0 Å². The maximum absolute atomic E-state index is 4.05. The van der Waals surface area contributed by atoms with E-state index in [1.807, 2.05) is 12.4 Å². The average molecular weight is 219 g/mol. The van der Waals surface area contributed by atoms with Crippen molar-refractivity contribution in [3.63, 3.8) is 0 Å². The second-order valence-corrected chi connectivity index (χ2v) is 4.17. The minimum atomic E-state index is 0.962. The summed E-state index contributed by atoms with van der Waals surface area (Å²) in [7, 11) is 0. The second-order valence-electron chi connectivity index (χ2n) is 4.17. The molecule has 0 unspecified atom stereocenters. The van der Waals surface area contributed by atoms with E-state index in [-0.39, 0.29) is 0 Å². The lowest BCUT2D eigenvalue weighted by molar-refractivity contribution is 1.18. The fraction of sp³-hybridized carbons (Fsp3) is 0.0625. The Morgan fingerprint density at radius 2 is 1.53 bits per heavy atom. The van der Waals surface area contributed by atoms with Crippen LogP contribution in [0.15, 0.2) is 67.0 Å². The molecule has 82 valence electrons. The molecular weight excluding hydrogens is 206 g/mol. The fourth-order valence-electron chi connectivity index (χ4n) is 2.17. The van der Waals surface area contributed by atoms with Crippen LogP contribution < -0.4 is 0 Å². The lowest BCUT2D eigenvalue weighted by atomic mass is 9.99. The van der Waals surface area contributed by atoms with Crippen LogP contribution in [0.5, 0.6) is 0 Å². The zero-order valence-electron chi connectivity index (χ0n) is 9.51.